The minimum atomic E-state index is -0.0744. The zero-order valence-electron chi connectivity index (χ0n) is 14.6. The highest BCUT2D eigenvalue weighted by Crippen LogP contribution is 2.22. The maximum atomic E-state index is 12.3. The van der Waals surface area contributed by atoms with Crippen LogP contribution >= 0.6 is 0 Å². The van der Waals surface area contributed by atoms with Crippen molar-refractivity contribution in [1.29, 1.82) is 0 Å². The van der Waals surface area contributed by atoms with Gasteiger partial charge in [0.2, 0.25) is 5.91 Å². The largest absolute Gasteiger partial charge is 0.341 e. The molecule has 0 spiro atoms. The van der Waals surface area contributed by atoms with Crippen LogP contribution in [-0.2, 0) is 16.1 Å². The zero-order valence-corrected chi connectivity index (χ0v) is 14.6. The van der Waals surface area contributed by atoms with E-state index in [1.54, 1.807) is 11.8 Å². The Kier molecular flexibility index (Phi) is 6.87. The standard InChI is InChI=1S/C20H26N2O2/c1-3-7-20(24)22-14-12-17(13-15-22)10-11-19(23)21(2)16-18-8-5-4-6-9-18/h4-6,8-9,17H,10-16H2,1-2H3. The molecular weight excluding hydrogens is 300 g/mol. The number of carbonyl (C=O) groups is 2. The van der Waals surface area contributed by atoms with E-state index in [0.29, 0.717) is 18.9 Å². The van der Waals surface area contributed by atoms with Crippen molar-refractivity contribution in [2.75, 3.05) is 20.1 Å². The quantitative estimate of drug-likeness (QED) is 0.781. The number of carbonyl (C=O) groups excluding carboxylic acids is 2. The van der Waals surface area contributed by atoms with E-state index in [1.165, 1.54) is 0 Å². The molecular formula is C20H26N2O2. The first-order chi connectivity index (χ1) is 11.6. The lowest BCUT2D eigenvalue weighted by Crippen LogP contribution is -2.38. The number of rotatable bonds is 5. The fourth-order valence-electron chi connectivity index (χ4n) is 3.07. The fourth-order valence-corrected chi connectivity index (χ4v) is 3.07. The highest BCUT2D eigenvalue weighted by atomic mass is 16.2. The molecule has 0 unspecified atom stereocenters. The first-order valence-corrected chi connectivity index (χ1v) is 8.59. The predicted octanol–water partition coefficient (Wildman–Crippen LogP) is 2.69. The SMILES string of the molecule is CC#CC(=O)N1CCC(CCC(=O)N(C)Cc2ccccc2)CC1. The zero-order chi connectivity index (χ0) is 17.4. The first-order valence-electron chi connectivity index (χ1n) is 8.59. The minimum absolute atomic E-state index is 0.0744. The monoisotopic (exact) mass is 326 g/mol. The summed E-state index contributed by atoms with van der Waals surface area (Å²) in [5, 5.41) is 0. The third-order valence-corrected chi connectivity index (χ3v) is 4.59. The smallest absolute Gasteiger partial charge is 0.298 e. The summed E-state index contributed by atoms with van der Waals surface area (Å²) in [5.74, 6) is 5.89. The molecule has 0 bridgehead atoms. The summed E-state index contributed by atoms with van der Waals surface area (Å²) in [5.41, 5.74) is 1.15. The molecule has 1 aliphatic rings. The molecule has 1 heterocycles. The number of hydrogen-bond donors (Lipinski definition) is 0. The number of hydrogen-bond acceptors (Lipinski definition) is 2. The number of nitrogens with zero attached hydrogens (tertiary/aromatic N) is 2. The Bertz CT molecular complexity index is 608. The molecule has 0 aromatic heterocycles. The van der Waals surface area contributed by atoms with Crippen LogP contribution in [0.15, 0.2) is 30.3 Å². The van der Waals surface area contributed by atoms with E-state index < -0.39 is 0 Å². The molecule has 1 aromatic rings. The van der Waals surface area contributed by atoms with Gasteiger partial charge in [-0.15, -0.1) is 0 Å². The summed E-state index contributed by atoms with van der Waals surface area (Å²) in [6, 6.07) is 10.0. The molecule has 1 saturated heterocycles. The summed E-state index contributed by atoms with van der Waals surface area (Å²) >= 11 is 0. The second-order valence-corrected chi connectivity index (χ2v) is 6.38. The van der Waals surface area contributed by atoms with Crippen LogP contribution in [0.2, 0.25) is 0 Å². The maximum Gasteiger partial charge on any atom is 0.298 e. The molecule has 1 aromatic carbocycles. The minimum Gasteiger partial charge on any atom is -0.341 e. The van der Waals surface area contributed by atoms with E-state index in [-0.39, 0.29) is 11.8 Å². The Balaban J connectivity index is 1.70. The van der Waals surface area contributed by atoms with Gasteiger partial charge in [0.15, 0.2) is 0 Å². The van der Waals surface area contributed by atoms with Crippen LogP contribution in [0.25, 0.3) is 0 Å². The first kappa shape index (κ1) is 18.1. The van der Waals surface area contributed by atoms with Crippen LogP contribution in [0.5, 0.6) is 0 Å². The van der Waals surface area contributed by atoms with Gasteiger partial charge in [-0.2, -0.15) is 0 Å². The van der Waals surface area contributed by atoms with Crippen molar-refractivity contribution >= 4 is 11.8 Å². The van der Waals surface area contributed by atoms with E-state index in [9.17, 15) is 9.59 Å². The van der Waals surface area contributed by atoms with Crippen molar-refractivity contribution < 1.29 is 9.59 Å². The van der Waals surface area contributed by atoms with Crippen molar-refractivity contribution in [3.05, 3.63) is 35.9 Å². The highest BCUT2D eigenvalue weighted by molar-refractivity contribution is 5.93. The van der Waals surface area contributed by atoms with Gasteiger partial charge in [-0.05, 0) is 43.6 Å². The molecule has 2 rings (SSSR count). The molecule has 1 aliphatic heterocycles. The average molecular weight is 326 g/mol. The molecule has 1 fully saturated rings. The van der Waals surface area contributed by atoms with Crippen LogP contribution in [0, 0.1) is 17.8 Å². The topological polar surface area (TPSA) is 40.6 Å². The van der Waals surface area contributed by atoms with Crippen LogP contribution in [0.4, 0.5) is 0 Å². The summed E-state index contributed by atoms with van der Waals surface area (Å²) in [7, 11) is 1.86. The van der Waals surface area contributed by atoms with Gasteiger partial charge in [0.1, 0.15) is 0 Å². The van der Waals surface area contributed by atoms with Crippen LogP contribution in [0.1, 0.15) is 38.2 Å². The van der Waals surface area contributed by atoms with E-state index in [1.807, 2.05) is 42.3 Å². The molecule has 0 atom stereocenters. The average Bonchev–Trinajstić information content (AvgIpc) is 2.61. The van der Waals surface area contributed by atoms with Gasteiger partial charge in [0, 0.05) is 33.1 Å². The second kappa shape index (κ2) is 9.12. The van der Waals surface area contributed by atoms with E-state index in [2.05, 4.69) is 11.8 Å². The van der Waals surface area contributed by atoms with Crippen molar-refractivity contribution in [2.45, 2.75) is 39.2 Å². The van der Waals surface area contributed by atoms with E-state index in [0.717, 1.165) is 37.9 Å². The van der Waals surface area contributed by atoms with Crippen molar-refractivity contribution in [2.24, 2.45) is 5.92 Å². The Labute approximate surface area is 144 Å². The van der Waals surface area contributed by atoms with Gasteiger partial charge in [-0.1, -0.05) is 36.3 Å². The van der Waals surface area contributed by atoms with Gasteiger partial charge < -0.3 is 9.80 Å². The van der Waals surface area contributed by atoms with Gasteiger partial charge in [-0.25, -0.2) is 0 Å². The van der Waals surface area contributed by atoms with Crippen molar-refractivity contribution in [1.82, 2.24) is 9.80 Å². The lowest BCUT2D eigenvalue weighted by Gasteiger charge is -2.31. The Morgan fingerprint density at radius 2 is 1.88 bits per heavy atom. The Morgan fingerprint density at radius 1 is 1.21 bits per heavy atom. The number of likely N-dealkylation sites (tertiary alicyclic amines) is 1. The Hall–Kier alpha value is -2.28. The van der Waals surface area contributed by atoms with Gasteiger partial charge >= 0.3 is 0 Å². The lowest BCUT2D eigenvalue weighted by atomic mass is 9.92. The summed E-state index contributed by atoms with van der Waals surface area (Å²) < 4.78 is 0. The van der Waals surface area contributed by atoms with Crippen molar-refractivity contribution in [3.8, 4) is 11.8 Å². The normalized spacial score (nSPS) is 14.7. The second-order valence-electron chi connectivity index (χ2n) is 6.38. The molecule has 0 radical (unpaired) electrons. The molecule has 0 aliphatic carbocycles. The number of amides is 2. The number of benzene rings is 1. The molecule has 128 valence electrons. The van der Waals surface area contributed by atoms with Crippen molar-refractivity contribution in [3.63, 3.8) is 0 Å². The third kappa shape index (κ3) is 5.42. The third-order valence-electron chi connectivity index (χ3n) is 4.59. The number of piperidine rings is 1. The van der Waals surface area contributed by atoms with Crippen LogP contribution in [0.3, 0.4) is 0 Å². The van der Waals surface area contributed by atoms with E-state index >= 15 is 0 Å². The van der Waals surface area contributed by atoms with Gasteiger partial charge in [0.05, 0.1) is 0 Å². The van der Waals surface area contributed by atoms with E-state index in [4.69, 9.17) is 0 Å². The van der Waals surface area contributed by atoms with Gasteiger partial charge in [-0.3, -0.25) is 9.59 Å². The predicted molar refractivity (Wildman–Crippen MR) is 94.9 cm³/mol. The highest BCUT2D eigenvalue weighted by Gasteiger charge is 2.22. The Morgan fingerprint density at radius 3 is 2.50 bits per heavy atom. The molecule has 4 heteroatoms. The molecule has 0 saturated carbocycles. The summed E-state index contributed by atoms with van der Waals surface area (Å²) in [4.78, 5) is 27.6. The molecule has 24 heavy (non-hydrogen) atoms. The maximum absolute atomic E-state index is 12.3. The summed E-state index contributed by atoms with van der Waals surface area (Å²) in [6.45, 7) is 3.85. The molecule has 2 amide bonds. The van der Waals surface area contributed by atoms with Crippen LogP contribution < -0.4 is 0 Å². The molecule has 0 N–H and O–H groups in total. The lowest BCUT2D eigenvalue weighted by molar-refractivity contribution is -0.131. The van der Waals surface area contributed by atoms with Crippen LogP contribution in [-0.4, -0.2) is 41.8 Å². The molecule has 4 nitrogen and oxygen atoms in total. The summed E-state index contributed by atoms with van der Waals surface area (Å²) in [6.07, 6.45) is 3.41. The fraction of sp³-hybridized carbons (Fsp3) is 0.500. The van der Waals surface area contributed by atoms with Gasteiger partial charge in [0.25, 0.3) is 5.91 Å².